The molecule has 0 saturated carbocycles. The van der Waals surface area contributed by atoms with Crippen LogP contribution in [0.2, 0.25) is 0 Å². The van der Waals surface area contributed by atoms with Crippen LogP contribution in [0, 0.1) is 11.8 Å². The molecule has 0 unspecified atom stereocenters. The number of ether oxygens (including phenoxy) is 1. The van der Waals surface area contributed by atoms with Crippen LogP contribution in [0.5, 0.6) is 0 Å². The fourth-order valence-corrected chi connectivity index (χ4v) is 1.34. The summed E-state index contributed by atoms with van der Waals surface area (Å²) < 4.78 is 5.21. The topological polar surface area (TPSA) is 67.8 Å². The largest absolute Gasteiger partial charge is 0.455 e. The molecule has 0 spiro atoms. The minimum atomic E-state index is -0.552. The molecule has 90 valence electrons. The van der Waals surface area contributed by atoms with Gasteiger partial charge in [0.2, 0.25) is 5.91 Å². The van der Waals surface area contributed by atoms with Crippen molar-refractivity contribution in [1.82, 2.24) is 5.43 Å². The van der Waals surface area contributed by atoms with E-state index in [1.807, 2.05) is 0 Å². The third kappa shape index (κ3) is 2.81. The molecule has 0 aromatic carbocycles. The Labute approximate surface area is 95.2 Å². The van der Waals surface area contributed by atoms with Crippen molar-refractivity contribution in [1.29, 1.82) is 0 Å². The number of carbonyl (C=O) groups excluding carboxylic acids is 2. The van der Waals surface area contributed by atoms with Crippen LogP contribution >= 0.6 is 0 Å². The van der Waals surface area contributed by atoms with Crippen molar-refractivity contribution in [2.45, 2.75) is 40.2 Å². The van der Waals surface area contributed by atoms with E-state index in [4.69, 9.17) is 4.74 Å². The minimum Gasteiger partial charge on any atom is -0.455 e. The normalized spacial score (nSPS) is 25.8. The standard InChI is InChI=1S/C11H18N2O3/c1-6-7(2)9(14)13-12-8(6)10(15)16-11(3,4)5/h6-7H,1-5H3,(H,13,14)/t6-,7+/m0/s1. The highest BCUT2D eigenvalue weighted by Crippen LogP contribution is 2.19. The van der Waals surface area contributed by atoms with Gasteiger partial charge < -0.3 is 4.74 Å². The van der Waals surface area contributed by atoms with E-state index in [9.17, 15) is 9.59 Å². The van der Waals surface area contributed by atoms with Gasteiger partial charge in [0.15, 0.2) is 0 Å². The van der Waals surface area contributed by atoms with E-state index in [-0.39, 0.29) is 23.5 Å². The molecule has 0 fully saturated rings. The van der Waals surface area contributed by atoms with Gasteiger partial charge in [0.1, 0.15) is 11.3 Å². The Bertz CT molecular complexity index is 342. The van der Waals surface area contributed by atoms with Gasteiger partial charge in [-0.3, -0.25) is 4.79 Å². The molecule has 2 atom stereocenters. The molecule has 1 heterocycles. The van der Waals surface area contributed by atoms with Gasteiger partial charge in [-0.1, -0.05) is 13.8 Å². The molecule has 0 bridgehead atoms. The van der Waals surface area contributed by atoms with Crippen molar-refractivity contribution in [3.05, 3.63) is 0 Å². The number of amides is 1. The lowest BCUT2D eigenvalue weighted by Crippen LogP contribution is -2.44. The summed E-state index contributed by atoms with van der Waals surface area (Å²) in [5.74, 6) is -1.12. The van der Waals surface area contributed by atoms with Crippen molar-refractivity contribution in [3.63, 3.8) is 0 Å². The van der Waals surface area contributed by atoms with Crippen molar-refractivity contribution >= 4 is 17.6 Å². The monoisotopic (exact) mass is 226 g/mol. The van der Waals surface area contributed by atoms with Crippen LogP contribution in [0.3, 0.4) is 0 Å². The maximum Gasteiger partial charge on any atom is 0.355 e. The molecule has 1 N–H and O–H groups in total. The number of rotatable bonds is 1. The Morgan fingerprint density at radius 3 is 2.38 bits per heavy atom. The summed E-state index contributed by atoms with van der Waals surface area (Å²) in [5.41, 5.74) is 2.06. The van der Waals surface area contributed by atoms with E-state index < -0.39 is 11.6 Å². The van der Waals surface area contributed by atoms with Gasteiger partial charge in [0.25, 0.3) is 0 Å². The van der Waals surface area contributed by atoms with Crippen molar-refractivity contribution in [2.24, 2.45) is 16.9 Å². The maximum atomic E-state index is 11.8. The van der Waals surface area contributed by atoms with Gasteiger partial charge in [-0.05, 0) is 20.8 Å². The third-order valence-corrected chi connectivity index (χ3v) is 2.49. The van der Waals surface area contributed by atoms with Gasteiger partial charge >= 0.3 is 5.97 Å². The van der Waals surface area contributed by atoms with Gasteiger partial charge in [-0.2, -0.15) is 5.10 Å². The predicted octanol–water partition coefficient (Wildman–Crippen LogP) is 1.09. The van der Waals surface area contributed by atoms with Gasteiger partial charge in [-0.25, -0.2) is 10.2 Å². The number of esters is 1. The zero-order valence-corrected chi connectivity index (χ0v) is 10.3. The lowest BCUT2D eigenvalue weighted by atomic mass is 9.89. The molecular weight excluding hydrogens is 208 g/mol. The average molecular weight is 226 g/mol. The number of hydrogen-bond acceptors (Lipinski definition) is 4. The van der Waals surface area contributed by atoms with Crippen LogP contribution in [0.1, 0.15) is 34.6 Å². The molecule has 1 amide bonds. The van der Waals surface area contributed by atoms with Gasteiger partial charge in [-0.15, -0.1) is 0 Å². The number of nitrogens with zero attached hydrogens (tertiary/aromatic N) is 1. The molecule has 1 rings (SSSR count). The smallest absolute Gasteiger partial charge is 0.355 e. The highest BCUT2D eigenvalue weighted by Gasteiger charge is 2.34. The van der Waals surface area contributed by atoms with Gasteiger partial charge in [0.05, 0.1) is 0 Å². The predicted molar refractivity (Wildman–Crippen MR) is 59.8 cm³/mol. The summed E-state index contributed by atoms with van der Waals surface area (Å²) in [5, 5.41) is 3.77. The van der Waals surface area contributed by atoms with E-state index in [2.05, 4.69) is 10.5 Å². The van der Waals surface area contributed by atoms with E-state index in [1.165, 1.54) is 0 Å². The first-order valence-corrected chi connectivity index (χ1v) is 5.33. The molecule has 5 heteroatoms. The average Bonchev–Trinajstić information content (AvgIpc) is 2.11. The molecule has 0 aromatic rings. The second-order valence-electron chi connectivity index (χ2n) is 5.05. The van der Waals surface area contributed by atoms with Crippen molar-refractivity contribution in [2.75, 3.05) is 0 Å². The second kappa shape index (κ2) is 4.23. The van der Waals surface area contributed by atoms with E-state index in [1.54, 1.807) is 34.6 Å². The number of hydrazone groups is 1. The summed E-state index contributed by atoms with van der Waals surface area (Å²) in [6.45, 7) is 8.94. The van der Waals surface area contributed by atoms with Crippen LogP contribution in [0.4, 0.5) is 0 Å². The SMILES string of the molecule is C[C@@H]1C(C(=O)OC(C)(C)C)=NNC(=O)[C@@H]1C. The molecule has 0 radical (unpaired) electrons. The lowest BCUT2D eigenvalue weighted by molar-refractivity contribution is -0.146. The molecule has 1 aliphatic heterocycles. The Morgan fingerprint density at radius 1 is 1.31 bits per heavy atom. The van der Waals surface area contributed by atoms with Crippen LogP contribution in [0.25, 0.3) is 0 Å². The lowest BCUT2D eigenvalue weighted by Gasteiger charge is -2.26. The van der Waals surface area contributed by atoms with Crippen LogP contribution in [-0.4, -0.2) is 23.2 Å². The van der Waals surface area contributed by atoms with E-state index >= 15 is 0 Å². The van der Waals surface area contributed by atoms with E-state index in [0.29, 0.717) is 0 Å². The number of hydrogen-bond donors (Lipinski definition) is 1. The fourth-order valence-electron chi connectivity index (χ4n) is 1.34. The number of carbonyl (C=O) groups is 2. The van der Waals surface area contributed by atoms with Crippen LogP contribution in [-0.2, 0) is 14.3 Å². The maximum absolute atomic E-state index is 11.8. The minimum absolute atomic E-state index is 0.167. The summed E-state index contributed by atoms with van der Waals surface area (Å²) in [6.07, 6.45) is 0. The van der Waals surface area contributed by atoms with Crippen molar-refractivity contribution in [3.8, 4) is 0 Å². The van der Waals surface area contributed by atoms with Gasteiger partial charge in [0, 0.05) is 11.8 Å². The fraction of sp³-hybridized carbons (Fsp3) is 0.727. The molecule has 0 aliphatic carbocycles. The van der Waals surface area contributed by atoms with Crippen LogP contribution in [0.15, 0.2) is 5.10 Å². The molecule has 16 heavy (non-hydrogen) atoms. The number of nitrogens with one attached hydrogen (secondary N) is 1. The first-order chi connectivity index (χ1) is 7.22. The second-order valence-corrected chi connectivity index (χ2v) is 5.05. The Kier molecular flexibility index (Phi) is 3.35. The highest BCUT2D eigenvalue weighted by atomic mass is 16.6. The quantitative estimate of drug-likeness (QED) is 0.680. The summed E-state index contributed by atoms with van der Waals surface area (Å²) in [7, 11) is 0. The van der Waals surface area contributed by atoms with Crippen LogP contribution < -0.4 is 5.43 Å². The summed E-state index contributed by atoms with van der Waals surface area (Å²) >= 11 is 0. The molecule has 0 saturated heterocycles. The van der Waals surface area contributed by atoms with Crippen molar-refractivity contribution < 1.29 is 14.3 Å². The Balaban J connectivity index is 2.81. The molecule has 1 aliphatic rings. The highest BCUT2D eigenvalue weighted by molar-refractivity contribution is 6.38. The first kappa shape index (κ1) is 12.7. The zero-order chi connectivity index (χ0) is 12.5. The summed E-state index contributed by atoms with van der Waals surface area (Å²) in [6, 6.07) is 0. The molecule has 0 aromatic heterocycles. The Morgan fingerprint density at radius 2 is 1.88 bits per heavy atom. The summed E-state index contributed by atoms with van der Waals surface area (Å²) in [4.78, 5) is 23.1. The molecular formula is C11H18N2O3. The zero-order valence-electron chi connectivity index (χ0n) is 10.3. The Hall–Kier alpha value is -1.39. The molecule has 5 nitrogen and oxygen atoms in total. The van der Waals surface area contributed by atoms with E-state index in [0.717, 1.165) is 0 Å². The first-order valence-electron chi connectivity index (χ1n) is 5.33. The third-order valence-electron chi connectivity index (χ3n) is 2.49.